The molecule has 0 spiro atoms. The number of fused-ring (bicyclic) bond motifs is 7. The van der Waals surface area contributed by atoms with Crippen LogP contribution in [0.1, 0.15) is 0 Å². The predicted molar refractivity (Wildman–Crippen MR) is 244 cm³/mol. The van der Waals surface area contributed by atoms with Gasteiger partial charge in [-0.1, -0.05) is 158 Å². The molecule has 4 nitrogen and oxygen atoms in total. The minimum atomic E-state index is 0.616. The van der Waals surface area contributed by atoms with Crippen molar-refractivity contribution in [3.8, 4) is 56.4 Å². The van der Waals surface area contributed by atoms with Crippen LogP contribution in [0.15, 0.2) is 205 Å². The molecular weight excluding hydrogens is 719 g/mol. The highest BCUT2D eigenvalue weighted by atomic mass is 16.3. The molecule has 12 aromatic rings. The van der Waals surface area contributed by atoms with Crippen LogP contribution in [-0.4, -0.2) is 15.0 Å². The van der Waals surface area contributed by atoms with Crippen LogP contribution in [0, 0.1) is 0 Å². The molecule has 0 aliphatic rings. The first kappa shape index (κ1) is 33.2. The van der Waals surface area contributed by atoms with Crippen molar-refractivity contribution < 1.29 is 4.42 Å². The Hall–Kier alpha value is -7.95. The standard InChI is InChI=1S/C55H33N3O/c1-2-11-36(12-3-1)45-15-8-17-47-46(45)16-9-18-49(47)55-57-53(41-26-22-35-21-24-39(29-43(35)30-41)38-23-20-34-10-4-5-13-37(34)28-38)56-54(58-55)42-27-25-40-33-52-50(32-44(40)31-42)48-14-6-7-19-51(48)59-52/h1-33H. The van der Waals surface area contributed by atoms with Crippen LogP contribution in [-0.2, 0) is 0 Å². The van der Waals surface area contributed by atoms with E-state index in [-0.39, 0.29) is 0 Å². The summed E-state index contributed by atoms with van der Waals surface area (Å²) in [5.41, 5.74) is 9.25. The van der Waals surface area contributed by atoms with Crippen LogP contribution in [0.25, 0.3) is 121 Å². The molecule has 0 fully saturated rings. The summed E-state index contributed by atoms with van der Waals surface area (Å²) >= 11 is 0. The Balaban J connectivity index is 1.04. The minimum Gasteiger partial charge on any atom is -0.456 e. The number of aromatic nitrogens is 3. The van der Waals surface area contributed by atoms with E-state index >= 15 is 0 Å². The molecule has 0 unspecified atom stereocenters. The van der Waals surface area contributed by atoms with Gasteiger partial charge in [0.1, 0.15) is 11.2 Å². The van der Waals surface area contributed by atoms with E-state index in [1.54, 1.807) is 0 Å². The highest BCUT2D eigenvalue weighted by Gasteiger charge is 2.17. The summed E-state index contributed by atoms with van der Waals surface area (Å²) in [6.45, 7) is 0. The van der Waals surface area contributed by atoms with E-state index in [0.717, 1.165) is 76.5 Å². The van der Waals surface area contributed by atoms with Crippen molar-refractivity contribution in [2.45, 2.75) is 0 Å². The Morgan fingerprint density at radius 1 is 0.254 bits per heavy atom. The molecular formula is C55H33N3O. The number of hydrogen-bond donors (Lipinski definition) is 0. The van der Waals surface area contributed by atoms with Crippen molar-refractivity contribution in [3.05, 3.63) is 200 Å². The van der Waals surface area contributed by atoms with Crippen molar-refractivity contribution >= 4 is 65.0 Å². The van der Waals surface area contributed by atoms with Crippen molar-refractivity contribution in [1.82, 2.24) is 15.0 Å². The highest BCUT2D eigenvalue weighted by molar-refractivity contribution is 6.10. The second-order valence-electron chi connectivity index (χ2n) is 15.2. The smallest absolute Gasteiger partial charge is 0.164 e. The average molecular weight is 752 g/mol. The van der Waals surface area contributed by atoms with Gasteiger partial charge in [-0.15, -0.1) is 0 Å². The first-order valence-corrected chi connectivity index (χ1v) is 19.9. The molecule has 0 amide bonds. The van der Waals surface area contributed by atoms with E-state index in [1.807, 2.05) is 12.1 Å². The monoisotopic (exact) mass is 751 g/mol. The quantitative estimate of drug-likeness (QED) is 0.176. The van der Waals surface area contributed by atoms with Gasteiger partial charge in [0.25, 0.3) is 0 Å². The van der Waals surface area contributed by atoms with E-state index in [2.05, 4.69) is 188 Å². The summed E-state index contributed by atoms with van der Waals surface area (Å²) < 4.78 is 6.22. The molecule has 274 valence electrons. The average Bonchev–Trinajstić information content (AvgIpc) is 3.67. The van der Waals surface area contributed by atoms with Gasteiger partial charge in [-0.3, -0.25) is 0 Å². The fraction of sp³-hybridized carbons (Fsp3) is 0. The van der Waals surface area contributed by atoms with Gasteiger partial charge in [-0.2, -0.15) is 0 Å². The van der Waals surface area contributed by atoms with Crippen LogP contribution >= 0.6 is 0 Å². The molecule has 59 heavy (non-hydrogen) atoms. The van der Waals surface area contributed by atoms with Crippen molar-refractivity contribution in [2.75, 3.05) is 0 Å². The molecule has 2 heterocycles. The van der Waals surface area contributed by atoms with E-state index in [4.69, 9.17) is 19.4 Å². The lowest BCUT2D eigenvalue weighted by molar-refractivity contribution is 0.669. The number of para-hydroxylation sites is 1. The first-order chi connectivity index (χ1) is 29.2. The van der Waals surface area contributed by atoms with Crippen LogP contribution in [0.4, 0.5) is 0 Å². The van der Waals surface area contributed by atoms with Crippen LogP contribution < -0.4 is 0 Å². The Bertz CT molecular complexity index is 3620. The minimum absolute atomic E-state index is 0.616. The summed E-state index contributed by atoms with van der Waals surface area (Å²) in [5, 5.41) is 11.3. The predicted octanol–water partition coefficient (Wildman–Crippen LogP) is 14.7. The maximum absolute atomic E-state index is 6.22. The molecule has 2 aromatic heterocycles. The van der Waals surface area contributed by atoms with E-state index in [1.165, 1.54) is 27.5 Å². The number of furan rings is 1. The second kappa shape index (κ2) is 13.3. The normalized spacial score (nSPS) is 11.7. The molecule has 0 saturated carbocycles. The zero-order valence-corrected chi connectivity index (χ0v) is 31.8. The third-order valence-electron chi connectivity index (χ3n) is 11.7. The van der Waals surface area contributed by atoms with Gasteiger partial charge in [0.15, 0.2) is 17.5 Å². The maximum Gasteiger partial charge on any atom is 0.164 e. The Kier molecular flexibility index (Phi) is 7.50. The van der Waals surface area contributed by atoms with Crippen LogP contribution in [0.3, 0.4) is 0 Å². The molecule has 10 aromatic carbocycles. The molecule has 0 aliphatic heterocycles. The van der Waals surface area contributed by atoms with E-state index in [9.17, 15) is 0 Å². The fourth-order valence-electron chi connectivity index (χ4n) is 8.67. The van der Waals surface area contributed by atoms with Gasteiger partial charge in [-0.05, 0) is 108 Å². The summed E-state index contributed by atoms with van der Waals surface area (Å²) in [6, 6.07) is 70.7. The lowest BCUT2D eigenvalue weighted by atomic mass is 9.95. The van der Waals surface area contributed by atoms with Gasteiger partial charge in [0, 0.05) is 27.5 Å². The zero-order valence-electron chi connectivity index (χ0n) is 31.8. The Morgan fingerprint density at radius 3 is 1.53 bits per heavy atom. The van der Waals surface area contributed by atoms with Crippen LogP contribution in [0.2, 0.25) is 0 Å². The molecule has 0 atom stereocenters. The molecule has 0 saturated heterocycles. The lowest BCUT2D eigenvalue weighted by Crippen LogP contribution is -2.01. The molecule has 0 radical (unpaired) electrons. The number of rotatable bonds is 5. The van der Waals surface area contributed by atoms with Crippen molar-refractivity contribution in [1.29, 1.82) is 0 Å². The van der Waals surface area contributed by atoms with Gasteiger partial charge in [0.2, 0.25) is 0 Å². The molecule has 12 rings (SSSR count). The topological polar surface area (TPSA) is 51.8 Å². The second-order valence-corrected chi connectivity index (χ2v) is 15.2. The van der Waals surface area contributed by atoms with Gasteiger partial charge in [-0.25, -0.2) is 15.0 Å². The maximum atomic E-state index is 6.22. The summed E-state index contributed by atoms with van der Waals surface area (Å²) in [4.78, 5) is 15.8. The Morgan fingerprint density at radius 2 is 0.763 bits per heavy atom. The summed E-state index contributed by atoms with van der Waals surface area (Å²) in [6.07, 6.45) is 0. The Labute approximate surface area is 339 Å². The third-order valence-corrected chi connectivity index (χ3v) is 11.7. The summed E-state index contributed by atoms with van der Waals surface area (Å²) in [5.74, 6) is 1.86. The van der Waals surface area contributed by atoms with E-state index < -0.39 is 0 Å². The third kappa shape index (κ3) is 5.73. The fourth-order valence-corrected chi connectivity index (χ4v) is 8.67. The number of benzene rings is 10. The van der Waals surface area contributed by atoms with Crippen molar-refractivity contribution in [3.63, 3.8) is 0 Å². The van der Waals surface area contributed by atoms with Crippen LogP contribution in [0.5, 0.6) is 0 Å². The molecule has 0 bridgehead atoms. The van der Waals surface area contributed by atoms with E-state index in [0.29, 0.717) is 17.5 Å². The first-order valence-electron chi connectivity index (χ1n) is 19.9. The van der Waals surface area contributed by atoms with Gasteiger partial charge >= 0.3 is 0 Å². The highest BCUT2D eigenvalue weighted by Crippen LogP contribution is 2.37. The number of hydrogen-bond acceptors (Lipinski definition) is 4. The SMILES string of the molecule is c1ccc(-c2cccc3c(-c4nc(-c5ccc6ccc(-c7ccc8ccccc8c7)cc6c5)nc(-c5ccc6cc7oc8ccccc8c7cc6c5)n4)cccc23)cc1. The zero-order chi connectivity index (χ0) is 38.9. The van der Waals surface area contributed by atoms with Crippen molar-refractivity contribution in [2.24, 2.45) is 0 Å². The molecule has 0 N–H and O–H groups in total. The summed E-state index contributed by atoms with van der Waals surface area (Å²) in [7, 11) is 0. The number of nitrogens with zero attached hydrogens (tertiary/aromatic N) is 3. The largest absolute Gasteiger partial charge is 0.456 e. The molecule has 4 heteroatoms. The lowest BCUT2D eigenvalue weighted by Gasteiger charge is -2.13. The van der Waals surface area contributed by atoms with Gasteiger partial charge in [0.05, 0.1) is 0 Å². The van der Waals surface area contributed by atoms with Gasteiger partial charge < -0.3 is 4.42 Å². The molecule has 0 aliphatic carbocycles.